The highest BCUT2D eigenvalue weighted by Crippen LogP contribution is 2.04. The standard InChI is InChI=1S/C17H17N/c1-13-9-7-8-12-17(13)15(3)18-14(2)16-10-5-4-6-11-16/h4-12H,1H2,2-3H3/b17-15-,18-14?. The quantitative estimate of drug-likeness (QED) is 0.710. The molecule has 0 heterocycles. The minimum absolute atomic E-state index is 1.00. The predicted octanol–water partition coefficient (Wildman–Crippen LogP) is 2.73. The van der Waals surface area contributed by atoms with Gasteiger partial charge in [-0.15, -0.1) is 0 Å². The van der Waals surface area contributed by atoms with Gasteiger partial charge in [0.05, 0.1) is 0 Å². The zero-order chi connectivity index (χ0) is 13.0. The molecule has 0 unspecified atom stereocenters. The molecule has 0 aliphatic rings. The van der Waals surface area contributed by atoms with Crippen molar-refractivity contribution in [1.29, 1.82) is 0 Å². The molecule has 0 bridgehead atoms. The Morgan fingerprint density at radius 1 is 0.889 bits per heavy atom. The fraction of sp³-hybridized carbons (Fsp3) is 0.118. The van der Waals surface area contributed by atoms with Crippen LogP contribution in [0.4, 0.5) is 0 Å². The summed E-state index contributed by atoms with van der Waals surface area (Å²) < 4.78 is 0. The summed E-state index contributed by atoms with van der Waals surface area (Å²) in [5.41, 5.74) is 3.18. The molecule has 0 saturated carbocycles. The Labute approximate surface area is 108 Å². The first kappa shape index (κ1) is 12.3. The van der Waals surface area contributed by atoms with Gasteiger partial charge in [-0.1, -0.05) is 61.2 Å². The molecule has 2 aromatic rings. The van der Waals surface area contributed by atoms with E-state index in [1.165, 1.54) is 0 Å². The van der Waals surface area contributed by atoms with Crippen LogP contribution in [0.3, 0.4) is 0 Å². The van der Waals surface area contributed by atoms with Crippen molar-refractivity contribution in [3.8, 4) is 0 Å². The Kier molecular flexibility index (Phi) is 3.73. The SMILES string of the molecule is C=c1cccc/c1=C(\C)N=C(C)c1ccccc1. The Morgan fingerprint density at radius 3 is 2.17 bits per heavy atom. The van der Waals surface area contributed by atoms with Crippen LogP contribution in [0.1, 0.15) is 19.4 Å². The van der Waals surface area contributed by atoms with Crippen LogP contribution in [0.15, 0.2) is 59.6 Å². The second-order valence-corrected chi connectivity index (χ2v) is 4.31. The van der Waals surface area contributed by atoms with E-state index in [1.54, 1.807) is 0 Å². The van der Waals surface area contributed by atoms with E-state index >= 15 is 0 Å². The lowest BCUT2D eigenvalue weighted by Crippen LogP contribution is -2.24. The van der Waals surface area contributed by atoms with Gasteiger partial charge in [-0.05, 0) is 24.6 Å². The number of rotatable bonds is 2. The smallest absolute Gasteiger partial charge is 0.0454 e. The summed E-state index contributed by atoms with van der Waals surface area (Å²) in [6.07, 6.45) is 0. The van der Waals surface area contributed by atoms with Crippen LogP contribution in [0.25, 0.3) is 12.3 Å². The average molecular weight is 235 g/mol. The molecule has 0 atom stereocenters. The van der Waals surface area contributed by atoms with Crippen molar-refractivity contribution in [2.75, 3.05) is 0 Å². The minimum Gasteiger partial charge on any atom is -0.257 e. The first-order valence-corrected chi connectivity index (χ1v) is 6.04. The van der Waals surface area contributed by atoms with Crippen LogP contribution < -0.4 is 10.4 Å². The third-order valence-corrected chi connectivity index (χ3v) is 2.93. The van der Waals surface area contributed by atoms with Gasteiger partial charge in [-0.3, -0.25) is 4.99 Å². The number of hydrogen-bond acceptors (Lipinski definition) is 1. The van der Waals surface area contributed by atoms with Gasteiger partial charge in [0.2, 0.25) is 0 Å². The molecule has 18 heavy (non-hydrogen) atoms. The van der Waals surface area contributed by atoms with Gasteiger partial charge in [-0.25, -0.2) is 0 Å². The molecule has 0 N–H and O–H groups in total. The van der Waals surface area contributed by atoms with Crippen molar-refractivity contribution in [3.63, 3.8) is 0 Å². The maximum absolute atomic E-state index is 4.67. The van der Waals surface area contributed by atoms with Crippen molar-refractivity contribution in [2.24, 2.45) is 4.99 Å². The first-order valence-electron chi connectivity index (χ1n) is 6.04. The summed E-state index contributed by atoms with van der Waals surface area (Å²) in [5.74, 6) is 0. The van der Waals surface area contributed by atoms with E-state index in [0.29, 0.717) is 0 Å². The zero-order valence-electron chi connectivity index (χ0n) is 10.9. The topological polar surface area (TPSA) is 12.4 Å². The molecular weight excluding hydrogens is 218 g/mol. The number of nitrogens with zero attached hydrogens (tertiary/aromatic N) is 1. The highest BCUT2D eigenvalue weighted by molar-refractivity contribution is 6.00. The second kappa shape index (κ2) is 5.46. The second-order valence-electron chi connectivity index (χ2n) is 4.31. The lowest BCUT2D eigenvalue weighted by molar-refractivity contribution is 1.38. The van der Waals surface area contributed by atoms with E-state index in [-0.39, 0.29) is 0 Å². The number of hydrogen-bond donors (Lipinski definition) is 0. The maximum Gasteiger partial charge on any atom is 0.0454 e. The normalized spacial score (nSPS) is 13.3. The lowest BCUT2D eigenvalue weighted by Gasteiger charge is -2.01. The Hall–Kier alpha value is -2.15. The minimum atomic E-state index is 1.00. The third kappa shape index (κ3) is 2.75. The van der Waals surface area contributed by atoms with Crippen molar-refractivity contribution in [2.45, 2.75) is 13.8 Å². The van der Waals surface area contributed by atoms with Gasteiger partial charge in [0, 0.05) is 16.6 Å². The van der Waals surface area contributed by atoms with Gasteiger partial charge in [0.1, 0.15) is 0 Å². The molecular formula is C17H17N. The van der Waals surface area contributed by atoms with Crippen LogP contribution in [-0.2, 0) is 0 Å². The summed E-state index contributed by atoms with van der Waals surface area (Å²) in [7, 11) is 0. The molecule has 2 aromatic carbocycles. The summed E-state index contributed by atoms with van der Waals surface area (Å²) in [6, 6.07) is 18.3. The number of aliphatic imine (C=N–C) groups is 1. The summed E-state index contributed by atoms with van der Waals surface area (Å²) in [5, 5.41) is 2.12. The molecule has 0 aliphatic heterocycles. The Morgan fingerprint density at radius 2 is 1.50 bits per heavy atom. The molecule has 90 valence electrons. The predicted molar refractivity (Wildman–Crippen MR) is 78.9 cm³/mol. The summed E-state index contributed by atoms with van der Waals surface area (Å²) >= 11 is 0. The van der Waals surface area contributed by atoms with Gasteiger partial charge in [-0.2, -0.15) is 0 Å². The number of benzene rings is 2. The molecule has 1 nitrogen and oxygen atoms in total. The molecule has 0 spiro atoms. The van der Waals surface area contributed by atoms with E-state index in [2.05, 4.69) is 29.8 Å². The van der Waals surface area contributed by atoms with Crippen LogP contribution >= 0.6 is 0 Å². The molecule has 0 aliphatic carbocycles. The van der Waals surface area contributed by atoms with E-state index in [9.17, 15) is 0 Å². The van der Waals surface area contributed by atoms with Gasteiger partial charge in [0.15, 0.2) is 0 Å². The monoisotopic (exact) mass is 235 g/mol. The van der Waals surface area contributed by atoms with E-state index < -0.39 is 0 Å². The van der Waals surface area contributed by atoms with E-state index in [1.807, 2.05) is 50.2 Å². The molecule has 0 saturated heterocycles. The summed E-state index contributed by atoms with van der Waals surface area (Å²) in [6.45, 7) is 8.09. The van der Waals surface area contributed by atoms with Gasteiger partial charge >= 0.3 is 0 Å². The zero-order valence-corrected chi connectivity index (χ0v) is 10.9. The third-order valence-electron chi connectivity index (χ3n) is 2.93. The van der Waals surface area contributed by atoms with E-state index in [0.717, 1.165) is 27.4 Å². The van der Waals surface area contributed by atoms with Crippen LogP contribution in [0.2, 0.25) is 0 Å². The highest BCUT2D eigenvalue weighted by Gasteiger charge is 1.96. The van der Waals surface area contributed by atoms with Gasteiger partial charge in [0.25, 0.3) is 0 Å². The first-order chi connectivity index (χ1) is 8.68. The van der Waals surface area contributed by atoms with E-state index in [4.69, 9.17) is 0 Å². The van der Waals surface area contributed by atoms with Crippen molar-refractivity contribution in [3.05, 3.63) is 70.6 Å². The fourth-order valence-electron chi connectivity index (χ4n) is 1.93. The van der Waals surface area contributed by atoms with Crippen LogP contribution in [-0.4, -0.2) is 5.71 Å². The molecule has 1 heteroatoms. The summed E-state index contributed by atoms with van der Waals surface area (Å²) in [4.78, 5) is 4.67. The Balaban J connectivity index is 2.50. The molecule has 2 rings (SSSR count). The van der Waals surface area contributed by atoms with Crippen molar-refractivity contribution >= 4 is 18.0 Å². The molecule has 0 aromatic heterocycles. The van der Waals surface area contributed by atoms with Crippen LogP contribution in [0.5, 0.6) is 0 Å². The largest absolute Gasteiger partial charge is 0.257 e. The Bertz CT molecular complexity index is 666. The molecule has 0 amide bonds. The maximum atomic E-state index is 4.67. The lowest BCUT2D eigenvalue weighted by atomic mass is 10.1. The van der Waals surface area contributed by atoms with Gasteiger partial charge < -0.3 is 0 Å². The van der Waals surface area contributed by atoms with Crippen molar-refractivity contribution < 1.29 is 0 Å². The fourth-order valence-corrected chi connectivity index (χ4v) is 1.93. The molecule has 0 radical (unpaired) electrons. The average Bonchev–Trinajstić information content (AvgIpc) is 2.40. The van der Waals surface area contributed by atoms with Crippen LogP contribution in [0, 0.1) is 0 Å². The molecule has 0 fully saturated rings. The highest BCUT2D eigenvalue weighted by atomic mass is 14.7. The van der Waals surface area contributed by atoms with Crippen molar-refractivity contribution in [1.82, 2.24) is 0 Å².